The first-order valence-electron chi connectivity index (χ1n) is 7.19. The molecule has 3 aromatic carbocycles. The third kappa shape index (κ3) is 2.25. The maximum atomic E-state index is 12.5. The lowest BCUT2D eigenvalue weighted by Gasteiger charge is -2.10. The van der Waals surface area contributed by atoms with Crippen molar-refractivity contribution in [2.75, 3.05) is 0 Å². The molecule has 24 heavy (non-hydrogen) atoms. The highest BCUT2D eigenvalue weighted by Gasteiger charge is 2.18. The number of fused-ring (bicyclic) bond motifs is 2. The average Bonchev–Trinajstić information content (AvgIpc) is 2.60. The lowest BCUT2D eigenvalue weighted by Crippen LogP contribution is -2.02. The fraction of sp³-hybridized carbons (Fsp3) is 0. The van der Waals surface area contributed by atoms with Gasteiger partial charge in [-0.15, -0.1) is 0 Å². The van der Waals surface area contributed by atoms with Gasteiger partial charge in [-0.2, -0.15) is 0 Å². The highest BCUT2D eigenvalue weighted by atomic mass is 35.5. The molecule has 0 aliphatic heterocycles. The van der Waals surface area contributed by atoms with Crippen molar-refractivity contribution in [3.8, 4) is 17.1 Å². The van der Waals surface area contributed by atoms with Gasteiger partial charge in [0.15, 0.2) is 5.76 Å². The molecule has 5 heteroatoms. The van der Waals surface area contributed by atoms with E-state index in [0.717, 1.165) is 10.8 Å². The number of hydrogen-bond acceptors (Lipinski definition) is 3. The van der Waals surface area contributed by atoms with Crippen molar-refractivity contribution in [2.24, 2.45) is 0 Å². The van der Waals surface area contributed by atoms with Gasteiger partial charge in [0.05, 0.1) is 5.39 Å². The van der Waals surface area contributed by atoms with Gasteiger partial charge in [0.25, 0.3) is 0 Å². The molecule has 1 heterocycles. The summed E-state index contributed by atoms with van der Waals surface area (Å²) in [6.45, 7) is 0. The largest absolute Gasteiger partial charge is 0.502 e. The normalized spacial score (nSPS) is 11.2. The summed E-state index contributed by atoms with van der Waals surface area (Å²) < 4.78 is 5.81. The minimum absolute atomic E-state index is 0.114. The van der Waals surface area contributed by atoms with Gasteiger partial charge in [-0.25, -0.2) is 0 Å². The maximum absolute atomic E-state index is 12.5. The Morgan fingerprint density at radius 2 is 1.62 bits per heavy atom. The summed E-state index contributed by atoms with van der Waals surface area (Å²) in [6, 6.07) is 15.6. The van der Waals surface area contributed by atoms with E-state index in [1.54, 1.807) is 24.3 Å². The SMILES string of the molecule is O=c1c(O)c(-c2ccc(Cl)c3ccccc23)oc2ccc(Cl)cc12. The van der Waals surface area contributed by atoms with Crippen molar-refractivity contribution >= 4 is 44.9 Å². The summed E-state index contributed by atoms with van der Waals surface area (Å²) in [4.78, 5) is 12.5. The molecule has 3 nitrogen and oxygen atoms in total. The lowest BCUT2D eigenvalue weighted by molar-refractivity contribution is 0.449. The molecule has 1 N–H and O–H groups in total. The van der Waals surface area contributed by atoms with Gasteiger partial charge in [-0.3, -0.25) is 4.79 Å². The van der Waals surface area contributed by atoms with Crippen LogP contribution in [0.2, 0.25) is 10.0 Å². The molecular weight excluding hydrogens is 347 g/mol. The van der Waals surface area contributed by atoms with E-state index in [0.29, 0.717) is 21.2 Å². The number of hydrogen-bond donors (Lipinski definition) is 1. The first-order valence-corrected chi connectivity index (χ1v) is 7.95. The molecule has 0 atom stereocenters. The molecule has 0 saturated carbocycles. The average molecular weight is 357 g/mol. The minimum atomic E-state index is -0.521. The van der Waals surface area contributed by atoms with E-state index in [2.05, 4.69) is 0 Å². The summed E-state index contributed by atoms with van der Waals surface area (Å²) in [6.07, 6.45) is 0. The second kappa shape index (κ2) is 5.55. The predicted molar refractivity (Wildman–Crippen MR) is 97.1 cm³/mol. The van der Waals surface area contributed by atoms with Crippen molar-refractivity contribution < 1.29 is 9.52 Å². The summed E-state index contributed by atoms with van der Waals surface area (Å²) in [7, 11) is 0. The van der Waals surface area contributed by atoms with Crippen LogP contribution in [0.15, 0.2) is 63.8 Å². The van der Waals surface area contributed by atoms with Crippen LogP contribution in [0.3, 0.4) is 0 Å². The summed E-state index contributed by atoms with van der Waals surface area (Å²) >= 11 is 12.1. The van der Waals surface area contributed by atoms with Gasteiger partial charge in [0, 0.05) is 21.0 Å². The summed E-state index contributed by atoms with van der Waals surface area (Å²) in [5.41, 5.74) is 0.436. The van der Waals surface area contributed by atoms with Gasteiger partial charge in [-0.05, 0) is 35.7 Å². The molecule has 4 rings (SSSR count). The molecular formula is C19H10Cl2O3. The molecule has 1 aromatic heterocycles. The molecule has 0 radical (unpaired) electrons. The molecule has 0 aliphatic carbocycles. The number of rotatable bonds is 1. The van der Waals surface area contributed by atoms with Gasteiger partial charge < -0.3 is 9.52 Å². The topological polar surface area (TPSA) is 50.4 Å². The number of benzene rings is 3. The Hall–Kier alpha value is -2.49. The van der Waals surface area contributed by atoms with Crippen LogP contribution in [0.4, 0.5) is 0 Å². The summed E-state index contributed by atoms with van der Waals surface area (Å²) in [5, 5.41) is 13.2. The Kier molecular flexibility index (Phi) is 3.48. The number of aromatic hydroxyl groups is 1. The molecule has 0 saturated heterocycles. The van der Waals surface area contributed by atoms with Crippen molar-refractivity contribution in [1.29, 1.82) is 0 Å². The van der Waals surface area contributed by atoms with Crippen molar-refractivity contribution in [3.05, 3.63) is 74.9 Å². The van der Waals surface area contributed by atoms with Gasteiger partial charge in [0.1, 0.15) is 5.58 Å². The Labute approximate surface area is 146 Å². The first kappa shape index (κ1) is 15.1. The predicted octanol–water partition coefficient (Wildman–Crippen LogP) is 5.63. The number of halogens is 2. The van der Waals surface area contributed by atoms with E-state index in [1.165, 1.54) is 6.07 Å². The first-order chi connectivity index (χ1) is 11.6. The van der Waals surface area contributed by atoms with Gasteiger partial charge in [-0.1, -0.05) is 47.5 Å². The standard InChI is InChI=1S/C19H10Cl2O3/c20-10-5-8-16-14(9-10)17(22)18(23)19(24-16)13-6-7-15(21)12-4-2-1-3-11(12)13/h1-9,23H. The fourth-order valence-corrected chi connectivity index (χ4v) is 3.20. The zero-order valence-electron chi connectivity index (χ0n) is 12.2. The van der Waals surface area contributed by atoms with Crippen molar-refractivity contribution in [2.45, 2.75) is 0 Å². The molecule has 0 bridgehead atoms. The van der Waals surface area contributed by atoms with Crippen LogP contribution in [0.5, 0.6) is 5.75 Å². The lowest BCUT2D eigenvalue weighted by atomic mass is 10.0. The second-order valence-electron chi connectivity index (χ2n) is 5.39. The van der Waals surface area contributed by atoms with E-state index in [9.17, 15) is 9.90 Å². The van der Waals surface area contributed by atoms with Crippen LogP contribution in [0, 0.1) is 0 Å². The van der Waals surface area contributed by atoms with E-state index in [4.69, 9.17) is 27.6 Å². The highest BCUT2D eigenvalue weighted by Crippen LogP contribution is 2.37. The fourth-order valence-electron chi connectivity index (χ4n) is 2.80. The zero-order chi connectivity index (χ0) is 16.8. The van der Waals surface area contributed by atoms with Crippen molar-refractivity contribution in [3.63, 3.8) is 0 Å². The van der Waals surface area contributed by atoms with Crippen LogP contribution < -0.4 is 5.43 Å². The van der Waals surface area contributed by atoms with Crippen LogP contribution in [0.1, 0.15) is 0 Å². The van der Waals surface area contributed by atoms with Crippen LogP contribution in [0.25, 0.3) is 33.1 Å². The minimum Gasteiger partial charge on any atom is -0.502 e. The van der Waals surface area contributed by atoms with Gasteiger partial charge >= 0.3 is 0 Å². The van der Waals surface area contributed by atoms with Crippen LogP contribution >= 0.6 is 23.2 Å². The van der Waals surface area contributed by atoms with E-state index in [-0.39, 0.29) is 11.1 Å². The quantitative estimate of drug-likeness (QED) is 0.481. The smallest absolute Gasteiger partial charge is 0.235 e. The molecule has 118 valence electrons. The van der Waals surface area contributed by atoms with Crippen LogP contribution in [-0.2, 0) is 0 Å². The Morgan fingerprint density at radius 1 is 0.875 bits per heavy atom. The molecule has 0 amide bonds. The van der Waals surface area contributed by atoms with E-state index < -0.39 is 11.2 Å². The third-order valence-corrected chi connectivity index (χ3v) is 4.51. The van der Waals surface area contributed by atoms with Gasteiger partial charge in [0.2, 0.25) is 11.2 Å². The third-order valence-electron chi connectivity index (χ3n) is 3.94. The molecule has 0 unspecified atom stereocenters. The monoisotopic (exact) mass is 356 g/mol. The zero-order valence-corrected chi connectivity index (χ0v) is 13.7. The molecule has 0 fully saturated rings. The Morgan fingerprint density at radius 3 is 2.42 bits per heavy atom. The van der Waals surface area contributed by atoms with E-state index >= 15 is 0 Å². The highest BCUT2D eigenvalue weighted by molar-refractivity contribution is 6.36. The Bertz CT molecular complexity index is 1160. The molecule has 0 aliphatic rings. The summed E-state index contributed by atoms with van der Waals surface area (Å²) in [5.74, 6) is -0.333. The van der Waals surface area contributed by atoms with Crippen LogP contribution in [-0.4, -0.2) is 5.11 Å². The molecule has 4 aromatic rings. The maximum Gasteiger partial charge on any atom is 0.235 e. The van der Waals surface area contributed by atoms with E-state index in [1.807, 2.05) is 24.3 Å². The second-order valence-corrected chi connectivity index (χ2v) is 6.23. The Balaban J connectivity index is 2.12. The van der Waals surface area contributed by atoms with Crippen molar-refractivity contribution in [1.82, 2.24) is 0 Å². The molecule has 0 spiro atoms.